The van der Waals surface area contributed by atoms with E-state index in [0.29, 0.717) is 36.4 Å². The van der Waals surface area contributed by atoms with Gasteiger partial charge in [0.15, 0.2) is 12.4 Å². The van der Waals surface area contributed by atoms with Crippen LogP contribution >= 0.6 is 0 Å². The van der Waals surface area contributed by atoms with Gasteiger partial charge < -0.3 is 9.47 Å². The second kappa shape index (κ2) is 7.33. The number of rotatable bonds is 7. The standard InChI is InChI=1S/C14H17NO3/c1-3-7-17-13-6-5-11(10-16)14(8-13)18-12(4-2)9-15/h5-6,8,10,12H,3-4,7H2,1-2H3. The van der Waals surface area contributed by atoms with Crippen LogP contribution in [0.4, 0.5) is 0 Å². The molecule has 0 spiro atoms. The minimum atomic E-state index is -0.551. The van der Waals surface area contributed by atoms with Crippen molar-refractivity contribution in [1.82, 2.24) is 0 Å². The van der Waals surface area contributed by atoms with Crippen molar-refractivity contribution >= 4 is 6.29 Å². The Balaban J connectivity index is 2.91. The summed E-state index contributed by atoms with van der Waals surface area (Å²) in [6, 6.07) is 7.05. The van der Waals surface area contributed by atoms with E-state index in [2.05, 4.69) is 0 Å². The molecule has 0 aliphatic rings. The number of benzene rings is 1. The Morgan fingerprint density at radius 2 is 2.22 bits per heavy atom. The third-order valence-corrected chi connectivity index (χ3v) is 2.37. The highest BCUT2D eigenvalue weighted by Gasteiger charge is 2.11. The Bertz CT molecular complexity index is 437. The first kappa shape index (κ1) is 14.0. The van der Waals surface area contributed by atoms with Gasteiger partial charge in [-0.3, -0.25) is 4.79 Å². The summed E-state index contributed by atoms with van der Waals surface area (Å²) in [6.07, 6.45) is 1.63. The Labute approximate surface area is 107 Å². The quantitative estimate of drug-likeness (QED) is 0.695. The topological polar surface area (TPSA) is 59.3 Å². The van der Waals surface area contributed by atoms with Crippen LogP contribution in [-0.4, -0.2) is 19.0 Å². The van der Waals surface area contributed by atoms with E-state index >= 15 is 0 Å². The average molecular weight is 247 g/mol. The molecule has 1 aromatic rings. The van der Waals surface area contributed by atoms with Crippen LogP contribution in [0.25, 0.3) is 0 Å². The van der Waals surface area contributed by atoms with Gasteiger partial charge in [0.1, 0.15) is 17.6 Å². The zero-order valence-electron chi connectivity index (χ0n) is 10.7. The average Bonchev–Trinajstić information content (AvgIpc) is 2.42. The predicted molar refractivity (Wildman–Crippen MR) is 67.9 cm³/mol. The molecular formula is C14H17NO3. The van der Waals surface area contributed by atoms with Crippen LogP contribution in [-0.2, 0) is 0 Å². The molecule has 18 heavy (non-hydrogen) atoms. The first-order chi connectivity index (χ1) is 8.74. The molecule has 0 N–H and O–H groups in total. The molecule has 0 saturated carbocycles. The van der Waals surface area contributed by atoms with Crippen molar-refractivity contribution in [3.8, 4) is 17.6 Å². The molecule has 0 aliphatic carbocycles. The van der Waals surface area contributed by atoms with Crippen molar-refractivity contribution in [3.63, 3.8) is 0 Å². The highest BCUT2D eigenvalue weighted by atomic mass is 16.5. The van der Waals surface area contributed by atoms with Crippen molar-refractivity contribution in [2.45, 2.75) is 32.8 Å². The molecule has 0 heterocycles. The van der Waals surface area contributed by atoms with Crippen LogP contribution in [0, 0.1) is 11.3 Å². The summed E-state index contributed by atoms with van der Waals surface area (Å²) in [6.45, 7) is 4.47. The summed E-state index contributed by atoms with van der Waals surface area (Å²) in [4.78, 5) is 10.9. The minimum Gasteiger partial charge on any atom is -0.493 e. The predicted octanol–water partition coefficient (Wildman–Crippen LogP) is 2.97. The van der Waals surface area contributed by atoms with E-state index < -0.39 is 6.10 Å². The largest absolute Gasteiger partial charge is 0.493 e. The van der Waals surface area contributed by atoms with Crippen LogP contribution in [0.2, 0.25) is 0 Å². The third kappa shape index (κ3) is 3.77. The lowest BCUT2D eigenvalue weighted by Gasteiger charge is -2.13. The molecular weight excluding hydrogens is 230 g/mol. The van der Waals surface area contributed by atoms with E-state index in [9.17, 15) is 4.79 Å². The summed E-state index contributed by atoms with van der Waals surface area (Å²) in [5.41, 5.74) is 0.424. The molecule has 1 atom stereocenters. The van der Waals surface area contributed by atoms with Crippen LogP contribution < -0.4 is 9.47 Å². The van der Waals surface area contributed by atoms with Crippen molar-refractivity contribution in [2.24, 2.45) is 0 Å². The summed E-state index contributed by atoms with van der Waals surface area (Å²) < 4.78 is 10.9. The maximum absolute atomic E-state index is 10.9. The van der Waals surface area contributed by atoms with Crippen LogP contribution in [0.5, 0.6) is 11.5 Å². The van der Waals surface area contributed by atoms with Gasteiger partial charge in [0.05, 0.1) is 12.2 Å². The van der Waals surface area contributed by atoms with E-state index in [4.69, 9.17) is 14.7 Å². The van der Waals surface area contributed by atoms with Crippen molar-refractivity contribution in [3.05, 3.63) is 23.8 Å². The van der Waals surface area contributed by atoms with Gasteiger partial charge in [0.25, 0.3) is 0 Å². The highest BCUT2D eigenvalue weighted by Crippen LogP contribution is 2.25. The molecule has 0 aromatic heterocycles. The van der Waals surface area contributed by atoms with Gasteiger partial charge in [0, 0.05) is 6.07 Å². The number of carbonyl (C=O) groups excluding carboxylic acids is 1. The summed E-state index contributed by atoms with van der Waals surface area (Å²) in [5, 5.41) is 8.87. The molecule has 4 nitrogen and oxygen atoms in total. The Morgan fingerprint density at radius 1 is 1.44 bits per heavy atom. The lowest BCUT2D eigenvalue weighted by Crippen LogP contribution is -2.13. The number of carbonyl (C=O) groups is 1. The molecule has 0 aliphatic heterocycles. The number of hydrogen-bond acceptors (Lipinski definition) is 4. The van der Waals surface area contributed by atoms with Crippen LogP contribution in [0.1, 0.15) is 37.0 Å². The van der Waals surface area contributed by atoms with Crippen molar-refractivity contribution in [1.29, 1.82) is 5.26 Å². The fourth-order valence-electron chi connectivity index (χ4n) is 1.38. The van der Waals surface area contributed by atoms with Gasteiger partial charge in [-0.25, -0.2) is 0 Å². The normalized spacial score (nSPS) is 11.4. The van der Waals surface area contributed by atoms with Crippen LogP contribution in [0.15, 0.2) is 18.2 Å². The SMILES string of the molecule is CCCOc1ccc(C=O)c(OC(C#N)CC)c1. The maximum Gasteiger partial charge on any atom is 0.184 e. The highest BCUT2D eigenvalue weighted by molar-refractivity contribution is 5.79. The van der Waals surface area contributed by atoms with Gasteiger partial charge in [-0.1, -0.05) is 13.8 Å². The Kier molecular flexibility index (Phi) is 5.72. The lowest BCUT2D eigenvalue weighted by molar-refractivity contribution is 0.111. The second-order valence-corrected chi connectivity index (χ2v) is 3.81. The molecule has 96 valence electrons. The number of hydrogen-bond donors (Lipinski definition) is 0. The summed E-state index contributed by atoms with van der Waals surface area (Å²) in [7, 11) is 0. The van der Waals surface area contributed by atoms with Crippen molar-refractivity contribution < 1.29 is 14.3 Å². The third-order valence-electron chi connectivity index (χ3n) is 2.37. The summed E-state index contributed by atoms with van der Waals surface area (Å²) >= 11 is 0. The number of nitrogens with zero attached hydrogens (tertiary/aromatic N) is 1. The smallest absolute Gasteiger partial charge is 0.184 e. The van der Waals surface area contributed by atoms with E-state index in [1.165, 1.54) is 0 Å². The van der Waals surface area contributed by atoms with Gasteiger partial charge in [0.2, 0.25) is 0 Å². The second-order valence-electron chi connectivity index (χ2n) is 3.81. The van der Waals surface area contributed by atoms with E-state index in [-0.39, 0.29) is 0 Å². The van der Waals surface area contributed by atoms with Gasteiger partial charge in [-0.2, -0.15) is 5.26 Å². The van der Waals surface area contributed by atoms with Gasteiger partial charge >= 0.3 is 0 Å². The number of nitriles is 1. The van der Waals surface area contributed by atoms with Crippen LogP contribution in [0.3, 0.4) is 0 Å². The Hall–Kier alpha value is -2.02. The molecule has 1 aromatic carbocycles. The van der Waals surface area contributed by atoms with E-state index in [0.717, 1.165) is 6.42 Å². The molecule has 4 heteroatoms. The number of ether oxygens (including phenoxy) is 2. The zero-order valence-corrected chi connectivity index (χ0v) is 10.7. The summed E-state index contributed by atoms with van der Waals surface area (Å²) in [5.74, 6) is 1.04. The zero-order chi connectivity index (χ0) is 13.4. The Morgan fingerprint density at radius 3 is 2.78 bits per heavy atom. The molecule has 0 fully saturated rings. The monoisotopic (exact) mass is 247 g/mol. The minimum absolute atomic E-state index is 0.395. The first-order valence-electron chi connectivity index (χ1n) is 6.03. The molecule has 0 bridgehead atoms. The fourth-order valence-corrected chi connectivity index (χ4v) is 1.38. The molecule has 0 saturated heterocycles. The molecule has 0 radical (unpaired) electrons. The number of aldehydes is 1. The fraction of sp³-hybridized carbons (Fsp3) is 0.429. The van der Waals surface area contributed by atoms with Crippen molar-refractivity contribution in [2.75, 3.05) is 6.61 Å². The molecule has 0 amide bonds. The first-order valence-corrected chi connectivity index (χ1v) is 6.03. The van der Waals surface area contributed by atoms with Gasteiger partial charge in [-0.15, -0.1) is 0 Å². The molecule has 1 rings (SSSR count). The van der Waals surface area contributed by atoms with E-state index in [1.54, 1.807) is 18.2 Å². The van der Waals surface area contributed by atoms with E-state index in [1.807, 2.05) is 19.9 Å². The lowest BCUT2D eigenvalue weighted by atomic mass is 10.2. The molecule has 1 unspecified atom stereocenters. The van der Waals surface area contributed by atoms with Gasteiger partial charge in [-0.05, 0) is 25.0 Å². The maximum atomic E-state index is 10.9.